The molecule has 0 heterocycles. The number of hydrazone groups is 1. The van der Waals surface area contributed by atoms with Crippen LogP contribution >= 0.6 is 0 Å². The van der Waals surface area contributed by atoms with Crippen molar-refractivity contribution in [3.63, 3.8) is 0 Å². The summed E-state index contributed by atoms with van der Waals surface area (Å²) in [5.74, 6) is -0.956. The summed E-state index contributed by atoms with van der Waals surface area (Å²) in [5.41, 5.74) is 3.79. The maximum absolute atomic E-state index is 11.9. The lowest BCUT2D eigenvalue weighted by Gasteiger charge is -2.10. The lowest BCUT2D eigenvalue weighted by atomic mass is 10.1. The van der Waals surface area contributed by atoms with Crippen LogP contribution in [0.25, 0.3) is 0 Å². The van der Waals surface area contributed by atoms with Gasteiger partial charge in [-0.1, -0.05) is 17.7 Å². The van der Waals surface area contributed by atoms with Gasteiger partial charge in [-0.25, -0.2) is 5.43 Å². The second-order valence-corrected chi connectivity index (χ2v) is 6.24. The lowest BCUT2D eigenvalue weighted by Crippen LogP contribution is -2.24. The van der Waals surface area contributed by atoms with E-state index in [1.165, 1.54) is 19.2 Å². The van der Waals surface area contributed by atoms with Crippen LogP contribution in [0.4, 0.5) is 5.69 Å². The number of ether oxygens (including phenoxy) is 3. The molecule has 1 N–H and O–H groups in total. The van der Waals surface area contributed by atoms with Gasteiger partial charge in [0.25, 0.3) is 5.91 Å². The Kier molecular flexibility index (Phi) is 7.45. The van der Waals surface area contributed by atoms with Crippen LogP contribution in [0.3, 0.4) is 0 Å². The smallest absolute Gasteiger partial charge is 0.323 e. The maximum atomic E-state index is 11.9. The molecular formula is C20H21N3O7. The minimum absolute atomic E-state index is 0.0448. The van der Waals surface area contributed by atoms with Gasteiger partial charge in [0.15, 0.2) is 12.4 Å². The number of aryl methyl sites for hydroxylation is 2. The van der Waals surface area contributed by atoms with Crippen molar-refractivity contribution in [3.8, 4) is 17.2 Å². The molecule has 2 aromatic rings. The molecule has 2 aromatic carbocycles. The fourth-order valence-electron chi connectivity index (χ4n) is 2.60. The van der Waals surface area contributed by atoms with Crippen LogP contribution in [0.5, 0.6) is 17.2 Å². The summed E-state index contributed by atoms with van der Waals surface area (Å²) in [7, 11) is 1.21. The number of nitrogens with one attached hydrogen (secondary N) is 1. The second-order valence-electron chi connectivity index (χ2n) is 6.24. The van der Waals surface area contributed by atoms with Crippen molar-refractivity contribution in [2.75, 3.05) is 13.7 Å². The van der Waals surface area contributed by atoms with E-state index in [2.05, 4.69) is 10.5 Å². The zero-order chi connectivity index (χ0) is 22.3. The minimum atomic E-state index is -0.696. The third kappa shape index (κ3) is 5.77. The molecule has 30 heavy (non-hydrogen) atoms. The van der Waals surface area contributed by atoms with E-state index in [-0.39, 0.29) is 23.7 Å². The van der Waals surface area contributed by atoms with E-state index in [9.17, 15) is 19.7 Å². The molecule has 0 unspecified atom stereocenters. The fourth-order valence-corrected chi connectivity index (χ4v) is 2.60. The van der Waals surface area contributed by atoms with Gasteiger partial charge in [-0.3, -0.25) is 19.7 Å². The first kappa shape index (κ1) is 22.3. The Labute approximate surface area is 172 Å². The van der Waals surface area contributed by atoms with Crippen LogP contribution in [0.15, 0.2) is 35.4 Å². The molecule has 0 fully saturated rings. The Morgan fingerprint density at radius 2 is 1.90 bits per heavy atom. The molecule has 1 amide bonds. The van der Waals surface area contributed by atoms with E-state index >= 15 is 0 Å². The predicted molar refractivity (Wildman–Crippen MR) is 108 cm³/mol. The van der Waals surface area contributed by atoms with Crippen LogP contribution in [0.1, 0.15) is 23.6 Å². The van der Waals surface area contributed by atoms with Crippen molar-refractivity contribution < 1.29 is 28.7 Å². The average Bonchev–Trinajstić information content (AvgIpc) is 2.67. The Hall–Kier alpha value is -3.95. The van der Waals surface area contributed by atoms with Crippen molar-refractivity contribution in [3.05, 3.63) is 57.1 Å². The first-order valence-corrected chi connectivity index (χ1v) is 8.78. The van der Waals surface area contributed by atoms with Gasteiger partial charge in [0.2, 0.25) is 5.75 Å². The van der Waals surface area contributed by atoms with Gasteiger partial charge in [0.1, 0.15) is 5.75 Å². The predicted octanol–water partition coefficient (Wildman–Crippen LogP) is 2.67. The maximum Gasteiger partial charge on any atom is 0.323 e. The van der Waals surface area contributed by atoms with Crippen molar-refractivity contribution in [2.24, 2.45) is 5.10 Å². The molecule has 0 aliphatic rings. The number of nitro benzene ring substituents is 1. The molecule has 0 bridgehead atoms. The SMILES string of the molecule is COc1c(OC(C)=O)ccc(/C=N/NC(=O)COc2ccc(C)cc2C)c1[N+](=O)[O-]. The van der Waals surface area contributed by atoms with Gasteiger partial charge < -0.3 is 14.2 Å². The summed E-state index contributed by atoms with van der Waals surface area (Å²) in [6.45, 7) is 4.70. The number of nitrogens with zero attached hydrogens (tertiary/aromatic N) is 2. The summed E-state index contributed by atoms with van der Waals surface area (Å²) >= 11 is 0. The van der Waals surface area contributed by atoms with Crippen LogP contribution in [0, 0.1) is 24.0 Å². The summed E-state index contributed by atoms with van der Waals surface area (Å²) in [5, 5.41) is 15.2. The van der Waals surface area contributed by atoms with Crippen molar-refractivity contribution in [2.45, 2.75) is 20.8 Å². The van der Waals surface area contributed by atoms with Crippen molar-refractivity contribution in [1.82, 2.24) is 5.43 Å². The highest BCUT2D eigenvalue weighted by Crippen LogP contribution is 2.39. The molecule has 0 saturated heterocycles. The van der Waals surface area contributed by atoms with Crippen molar-refractivity contribution >= 4 is 23.8 Å². The minimum Gasteiger partial charge on any atom is -0.488 e. The van der Waals surface area contributed by atoms with Crippen LogP contribution in [-0.2, 0) is 9.59 Å². The molecule has 158 valence electrons. The third-order valence-electron chi connectivity index (χ3n) is 3.85. The fraction of sp³-hybridized carbons (Fsp3) is 0.250. The number of amides is 1. The molecule has 0 atom stereocenters. The largest absolute Gasteiger partial charge is 0.488 e. The number of carbonyl (C=O) groups excluding carboxylic acids is 2. The third-order valence-corrected chi connectivity index (χ3v) is 3.85. The first-order valence-electron chi connectivity index (χ1n) is 8.78. The Bertz CT molecular complexity index is 1000. The molecule has 10 heteroatoms. The normalized spacial score (nSPS) is 10.5. The molecule has 0 radical (unpaired) electrons. The molecule has 2 rings (SSSR count). The molecule has 0 aliphatic heterocycles. The van der Waals surface area contributed by atoms with Crippen LogP contribution in [0.2, 0.25) is 0 Å². The highest BCUT2D eigenvalue weighted by atomic mass is 16.6. The van der Waals surface area contributed by atoms with Crippen LogP contribution in [-0.4, -0.2) is 36.7 Å². The van der Waals surface area contributed by atoms with Crippen molar-refractivity contribution in [1.29, 1.82) is 0 Å². The van der Waals surface area contributed by atoms with Gasteiger partial charge >= 0.3 is 11.7 Å². The lowest BCUT2D eigenvalue weighted by molar-refractivity contribution is -0.385. The summed E-state index contributed by atoms with van der Waals surface area (Å²) in [6, 6.07) is 8.21. The van der Waals surface area contributed by atoms with Crippen LogP contribution < -0.4 is 19.6 Å². The number of hydrogen-bond acceptors (Lipinski definition) is 8. The van der Waals surface area contributed by atoms with E-state index < -0.39 is 22.5 Å². The number of esters is 1. The molecule has 0 aromatic heterocycles. The van der Waals surface area contributed by atoms with Gasteiger partial charge in [0, 0.05) is 6.92 Å². The monoisotopic (exact) mass is 415 g/mol. The Balaban J connectivity index is 2.10. The topological polar surface area (TPSA) is 129 Å². The number of rotatable bonds is 8. The Morgan fingerprint density at radius 3 is 2.50 bits per heavy atom. The van der Waals surface area contributed by atoms with Gasteiger partial charge in [-0.2, -0.15) is 5.10 Å². The summed E-state index contributed by atoms with van der Waals surface area (Å²) in [6.07, 6.45) is 1.09. The molecule has 0 spiro atoms. The molecule has 10 nitrogen and oxygen atoms in total. The number of hydrogen-bond donors (Lipinski definition) is 1. The van der Waals surface area contributed by atoms with Gasteiger partial charge in [0.05, 0.1) is 23.8 Å². The standard InChI is InChI=1S/C20H21N3O7/c1-12-5-7-16(13(2)9-12)29-11-18(25)22-21-10-15-6-8-17(30-14(3)24)20(28-4)19(15)23(26)27/h5-10H,11H2,1-4H3,(H,22,25)/b21-10+. The van der Waals surface area contributed by atoms with E-state index in [4.69, 9.17) is 14.2 Å². The van der Waals surface area contributed by atoms with E-state index in [0.29, 0.717) is 5.75 Å². The summed E-state index contributed by atoms with van der Waals surface area (Å²) < 4.78 is 15.4. The zero-order valence-electron chi connectivity index (χ0n) is 16.9. The van der Waals surface area contributed by atoms with E-state index in [1.807, 2.05) is 26.0 Å². The number of benzene rings is 2. The quantitative estimate of drug-likeness (QED) is 0.231. The second kappa shape index (κ2) is 10.0. The van der Waals surface area contributed by atoms with E-state index in [0.717, 1.165) is 24.3 Å². The molecule has 0 aliphatic carbocycles. The van der Waals surface area contributed by atoms with E-state index in [1.54, 1.807) is 6.07 Å². The first-order chi connectivity index (χ1) is 14.2. The highest BCUT2D eigenvalue weighted by molar-refractivity contribution is 5.90. The summed E-state index contributed by atoms with van der Waals surface area (Å²) in [4.78, 5) is 33.9. The molecule has 0 saturated carbocycles. The number of methoxy groups -OCH3 is 1. The number of nitro groups is 1. The Morgan fingerprint density at radius 1 is 1.20 bits per heavy atom. The number of carbonyl (C=O) groups is 2. The average molecular weight is 415 g/mol. The molecular weight excluding hydrogens is 394 g/mol. The zero-order valence-corrected chi connectivity index (χ0v) is 16.9. The van der Waals surface area contributed by atoms with Gasteiger partial charge in [-0.15, -0.1) is 0 Å². The highest BCUT2D eigenvalue weighted by Gasteiger charge is 2.25. The van der Waals surface area contributed by atoms with Gasteiger partial charge in [-0.05, 0) is 37.6 Å².